The standard InChI is InChI=1S/C14H13BrN6O/c1-21(2)11-5-8(3-4-16-11)19-14-18-6-9-10(15)7-17-13(22)12(9)20-14/h3-7H,1-2H3,(H,17,22)(H,16,18,19,20). The van der Waals surface area contributed by atoms with Crippen molar-refractivity contribution in [1.82, 2.24) is 19.9 Å². The quantitative estimate of drug-likeness (QED) is 0.744. The van der Waals surface area contributed by atoms with E-state index in [4.69, 9.17) is 0 Å². The van der Waals surface area contributed by atoms with Crippen LogP contribution in [0.5, 0.6) is 0 Å². The number of hydrogen-bond donors (Lipinski definition) is 2. The molecule has 0 radical (unpaired) electrons. The van der Waals surface area contributed by atoms with Crippen molar-refractivity contribution >= 4 is 44.3 Å². The lowest BCUT2D eigenvalue weighted by molar-refractivity contribution is 1.07. The zero-order valence-corrected chi connectivity index (χ0v) is 13.5. The monoisotopic (exact) mass is 360 g/mol. The van der Waals surface area contributed by atoms with Crippen molar-refractivity contribution in [3.8, 4) is 0 Å². The molecule has 3 aromatic heterocycles. The summed E-state index contributed by atoms with van der Waals surface area (Å²) in [7, 11) is 3.82. The van der Waals surface area contributed by atoms with Crippen LogP contribution in [0.3, 0.4) is 0 Å². The summed E-state index contributed by atoms with van der Waals surface area (Å²) >= 11 is 3.36. The number of hydrogen-bond acceptors (Lipinski definition) is 6. The van der Waals surface area contributed by atoms with Crippen LogP contribution in [0.4, 0.5) is 17.5 Å². The van der Waals surface area contributed by atoms with Gasteiger partial charge in [0.1, 0.15) is 11.3 Å². The maximum atomic E-state index is 11.9. The van der Waals surface area contributed by atoms with Crippen LogP contribution in [0.2, 0.25) is 0 Å². The van der Waals surface area contributed by atoms with Crippen LogP contribution in [0.25, 0.3) is 10.9 Å². The molecule has 0 unspecified atom stereocenters. The Balaban J connectivity index is 1.99. The zero-order chi connectivity index (χ0) is 15.7. The molecule has 0 amide bonds. The van der Waals surface area contributed by atoms with Crippen molar-refractivity contribution in [1.29, 1.82) is 0 Å². The van der Waals surface area contributed by atoms with E-state index in [1.54, 1.807) is 18.6 Å². The first-order valence-electron chi connectivity index (χ1n) is 6.49. The van der Waals surface area contributed by atoms with Crippen molar-refractivity contribution in [3.05, 3.63) is 45.5 Å². The number of rotatable bonds is 3. The highest BCUT2D eigenvalue weighted by atomic mass is 79.9. The minimum absolute atomic E-state index is 0.257. The molecular formula is C14H13BrN6O. The lowest BCUT2D eigenvalue weighted by Crippen LogP contribution is -2.11. The first kappa shape index (κ1) is 14.5. The van der Waals surface area contributed by atoms with Gasteiger partial charge in [-0.3, -0.25) is 4.79 Å². The van der Waals surface area contributed by atoms with Crippen LogP contribution >= 0.6 is 15.9 Å². The summed E-state index contributed by atoms with van der Waals surface area (Å²) in [4.78, 5) is 29.1. The van der Waals surface area contributed by atoms with Gasteiger partial charge in [0.25, 0.3) is 5.56 Å². The van der Waals surface area contributed by atoms with Gasteiger partial charge in [0, 0.05) is 54.3 Å². The summed E-state index contributed by atoms with van der Waals surface area (Å²) < 4.78 is 0.743. The number of anilines is 3. The fourth-order valence-corrected chi connectivity index (χ4v) is 2.34. The molecule has 0 atom stereocenters. The third-order valence-corrected chi connectivity index (χ3v) is 3.71. The Morgan fingerprint density at radius 2 is 2.14 bits per heavy atom. The van der Waals surface area contributed by atoms with E-state index < -0.39 is 0 Å². The number of H-pyrrole nitrogens is 1. The molecule has 0 aliphatic rings. The van der Waals surface area contributed by atoms with E-state index >= 15 is 0 Å². The third kappa shape index (κ3) is 2.77. The van der Waals surface area contributed by atoms with Crippen LogP contribution in [0.15, 0.2) is 40.0 Å². The molecule has 0 saturated carbocycles. The van der Waals surface area contributed by atoms with E-state index in [2.05, 4.69) is 41.2 Å². The van der Waals surface area contributed by atoms with Crippen molar-refractivity contribution in [2.24, 2.45) is 0 Å². The van der Waals surface area contributed by atoms with E-state index in [-0.39, 0.29) is 5.56 Å². The number of halogens is 1. The number of nitrogens with zero attached hydrogens (tertiary/aromatic N) is 4. The molecule has 0 aromatic carbocycles. The van der Waals surface area contributed by atoms with E-state index in [1.807, 2.05) is 31.1 Å². The van der Waals surface area contributed by atoms with Crippen molar-refractivity contribution < 1.29 is 0 Å². The highest BCUT2D eigenvalue weighted by Gasteiger charge is 2.07. The molecule has 0 saturated heterocycles. The fourth-order valence-electron chi connectivity index (χ4n) is 1.93. The van der Waals surface area contributed by atoms with E-state index in [0.29, 0.717) is 16.9 Å². The molecule has 3 heterocycles. The van der Waals surface area contributed by atoms with Gasteiger partial charge in [-0.2, -0.15) is 0 Å². The second-order valence-electron chi connectivity index (χ2n) is 4.84. The summed E-state index contributed by atoms with van der Waals surface area (Å²) in [6.45, 7) is 0. The highest BCUT2D eigenvalue weighted by Crippen LogP contribution is 2.21. The second-order valence-corrected chi connectivity index (χ2v) is 5.70. The largest absolute Gasteiger partial charge is 0.363 e. The molecule has 0 aliphatic carbocycles. The van der Waals surface area contributed by atoms with Crippen LogP contribution < -0.4 is 15.8 Å². The van der Waals surface area contributed by atoms with Crippen LogP contribution in [0, 0.1) is 0 Å². The first-order valence-corrected chi connectivity index (χ1v) is 7.28. The average Bonchev–Trinajstić information content (AvgIpc) is 2.51. The Labute approximate surface area is 134 Å². The Kier molecular flexibility index (Phi) is 3.76. The Morgan fingerprint density at radius 3 is 2.91 bits per heavy atom. The van der Waals surface area contributed by atoms with Crippen LogP contribution in [-0.2, 0) is 0 Å². The maximum Gasteiger partial charge on any atom is 0.274 e. The number of nitrogens with one attached hydrogen (secondary N) is 2. The molecule has 3 aromatic rings. The molecule has 3 rings (SSSR count). The smallest absolute Gasteiger partial charge is 0.274 e. The molecular weight excluding hydrogens is 348 g/mol. The highest BCUT2D eigenvalue weighted by molar-refractivity contribution is 9.10. The molecule has 112 valence electrons. The van der Waals surface area contributed by atoms with E-state index in [0.717, 1.165) is 16.0 Å². The first-order chi connectivity index (χ1) is 10.5. The van der Waals surface area contributed by atoms with Gasteiger partial charge in [-0.15, -0.1) is 0 Å². The number of pyridine rings is 2. The van der Waals surface area contributed by atoms with E-state index in [1.165, 1.54) is 0 Å². The number of fused-ring (bicyclic) bond motifs is 1. The van der Waals surface area contributed by atoms with Gasteiger partial charge in [0.2, 0.25) is 5.95 Å². The molecule has 0 aliphatic heterocycles. The minimum atomic E-state index is -0.257. The zero-order valence-electron chi connectivity index (χ0n) is 12.0. The molecule has 0 bridgehead atoms. The molecule has 8 heteroatoms. The van der Waals surface area contributed by atoms with Gasteiger partial charge in [-0.25, -0.2) is 15.0 Å². The van der Waals surface area contributed by atoms with E-state index in [9.17, 15) is 4.79 Å². The van der Waals surface area contributed by atoms with Crippen molar-refractivity contribution in [2.75, 3.05) is 24.3 Å². The normalized spacial score (nSPS) is 10.7. The summed E-state index contributed by atoms with van der Waals surface area (Å²) in [5, 5.41) is 3.75. The van der Waals surface area contributed by atoms with Crippen LogP contribution in [-0.4, -0.2) is 34.0 Å². The van der Waals surface area contributed by atoms with Gasteiger partial charge in [-0.1, -0.05) is 0 Å². The summed E-state index contributed by atoms with van der Waals surface area (Å²) in [6, 6.07) is 3.68. The van der Waals surface area contributed by atoms with Gasteiger partial charge in [0.15, 0.2) is 0 Å². The minimum Gasteiger partial charge on any atom is -0.363 e. The number of aromatic amines is 1. The summed E-state index contributed by atoms with van der Waals surface area (Å²) in [6.07, 6.45) is 4.88. The van der Waals surface area contributed by atoms with Gasteiger partial charge < -0.3 is 15.2 Å². The Morgan fingerprint density at radius 1 is 1.32 bits per heavy atom. The lowest BCUT2D eigenvalue weighted by atomic mass is 10.3. The molecule has 22 heavy (non-hydrogen) atoms. The maximum absolute atomic E-state index is 11.9. The predicted molar refractivity (Wildman–Crippen MR) is 89.7 cm³/mol. The predicted octanol–water partition coefficient (Wildman–Crippen LogP) is 2.29. The summed E-state index contributed by atoms with van der Waals surface area (Å²) in [5.74, 6) is 1.17. The molecule has 7 nitrogen and oxygen atoms in total. The van der Waals surface area contributed by atoms with Crippen molar-refractivity contribution in [3.63, 3.8) is 0 Å². The molecule has 0 spiro atoms. The fraction of sp³-hybridized carbons (Fsp3) is 0.143. The molecule has 0 fully saturated rings. The number of aromatic nitrogens is 4. The van der Waals surface area contributed by atoms with Gasteiger partial charge >= 0.3 is 0 Å². The van der Waals surface area contributed by atoms with Gasteiger partial charge in [-0.05, 0) is 22.0 Å². The molecule has 2 N–H and O–H groups in total. The summed E-state index contributed by atoms with van der Waals surface area (Å²) in [5.41, 5.74) is 0.866. The van der Waals surface area contributed by atoms with Crippen LogP contribution in [0.1, 0.15) is 0 Å². The third-order valence-electron chi connectivity index (χ3n) is 3.05. The Hall–Kier alpha value is -2.48. The average molecular weight is 361 g/mol. The SMILES string of the molecule is CN(C)c1cc(Nc2ncc3c(Br)c[nH]c(=O)c3n2)ccn1. The second kappa shape index (κ2) is 5.72. The van der Waals surface area contributed by atoms with Crippen molar-refractivity contribution in [2.45, 2.75) is 0 Å². The lowest BCUT2D eigenvalue weighted by Gasteiger charge is -2.12. The Bertz CT molecular complexity index is 892. The van der Waals surface area contributed by atoms with Gasteiger partial charge in [0.05, 0.1) is 0 Å². The topological polar surface area (TPSA) is 86.8 Å².